The Bertz CT molecular complexity index is 410. The van der Waals surface area contributed by atoms with Crippen LogP contribution in [0.2, 0.25) is 0 Å². The summed E-state index contributed by atoms with van der Waals surface area (Å²) in [4.78, 5) is 0. The Hall–Kier alpha value is -1.64. The molecule has 0 aliphatic carbocycles. The average molecular weight is 241 g/mol. The van der Waals surface area contributed by atoms with Gasteiger partial charge in [0.05, 0.1) is 6.10 Å². The molecule has 3 N–H and O–H groups in total. The zero-order valence-corrected chi connectivity index (χ0v) is 10.4. The van der Waals surface area contributed by atoms with Crippen LogP contribution in [-0.4, -0.2) is 17.3 Å². The van der Waals surface area contributed by atoms with Gasteiger partial charge in [-0.25, -0.2) is 0 Å². The van der Waals surface area contributed by atoms with Crippen LogP contribution in [0.5, 0.6) is 0 Å². The summed E-state index contributed by atoms with van der Waals surface area (Å²) in [6, 6.07) is 19.8. The van der Waals surface area contributed by atoms with Crippen molar-refractivity contribution in [3.8, 4) is 0 Å². The van der Waals surface area contributed by atoms with Crippen LogP contribution in [0.25, 0.3) is 0 Å². The van der Waals surface area contributed by atoms with Crippen molar-refractivity contribution >= 4 is 0 Å². The summed E-state index contributed by atoms with van der Waals surface area (Å²) in [5, 5.41) is 10.1. The number of nitrogens with two attached hydrogens (primary N) is 1. The summed E-state index contributed by atoms with van der Waals surface area (Å²) >= 11 is 0. The van der Waals surface area contributed by atoms with Gasteiger partial charge in [-0.2, -0.15) is 0 Å². The zero-order chi connectivity index (χ0) is 12.8. The lowest BCUT2D eigenvalue weighted by Gasteiger charge is -2.19. The SMILES string of the molecule is NC(Cc1ccccc1)C(O)Cc1ccccc1. The maximum absolute atomic E-state index is 10.1. The van der Waals surface area contributed by atoms with Crippen molar-refractivity contribution in [1.29, 1.82) is 0 Å². The van der Waals surface area contributed by atoms with Crippen molar-refractivity contribution in [2.45, 2.75) is 25.0 Å². The first-order valence-electron chi connectivity index (χ1n) is 6.27. The predicted octanol–water partition coefficient (Wildman–Crippen LogP) is 2.16. The lowest BCUT2D eigenvalue weighted by atomic mass is 9.97. The summed E-state index contributed by atoms with van der Waals surface area (Å²) < 4.78 is 0. The first-order chi connectivity index (χ1) is 8.75. The minimum Gasteiger partial charge on any atom is -0.391 e. The third-order valence-corrected chi connectivity index (χ3v) is 3.10. The molecule has 0 aliphatic heterocycles. The van der Waals surface area contributed by atoms with E-state index >= 15 is 0 Å². The molecule has 0 saturated carbocycles. The van der Waals surface area contributed by atoms with E-state index < -0.39 is 6.10 Å². The predicted molar refractivity (Wildman–Crippen MR) is 74.3 cm³/mol. The molecule has 0 aromatic heterocycles. The fourth-order valence-corrected chi connectivity index (χ4v) is 2.03. The topological polar surface area (TPSA) is 46.2 Å². The third kappa shape index (κ3) is 3.69. The molecule has 0 fully saturated rings. The second kappa shape index (κ2) is 6.34. The van der Waals surface area contributed by atoms with E-state index in [-0.39, 0.29) is 6.04 Å². The van der Waals surface area contributed by atoms with Crippen molar-refractivity contribution < 1.29 is 5.11 Å². The van der Waals surface area contributed by atoms with E-state index in [2.05, 4.69) is 0 Å². The zero-order valence-electron chi connectivity index (χ0n) is 10.4. The van der Waals surface area contributed by atoms with Gasteiger partial charge in [-0.3, -0.25) is 0 Å². The van der Waals surface area contributed by atoms with Crippen LogP contribution in [0.3, 0.4) is 0 Å². The van der Waals surface area contributed by atoms with Crippen LogP contribution in [-0.2, 0) is 12.8 Å². The Morgan fingerprint density at radius 1 is 0.778 bits per heavy atom. The Balaban J connectivity index is 1.91. The number of hydrogen-bond acceptors (Lipinski definition) is 2. The van der Waals surface area contributed by atoms with Gasteiger partial charge >= 0.3 is 0 Å². The van der Waals surface area contributed by atoms with Crippen molar-refractivity contribution in [2.75, 3.05) is 0 Å². The number of aliphatic hydroxyl groups is 1. The molecule has 0 bridgehead atoms. The largest absolute Gasteiger partial charge is 0.391 e. The first-order valence-corrected chi connectivity index (χ1v) is 6.27. The quantitative estimate of drug-likeness (QED) is 0.842. The molecule has 2 aromatic rings. The molecule has 2 aromatic carbocycles. The first kappa shape index (κ1) is 12.8. The summed E-state index contributed by atoms with van der Waals surface area (Å²) in [7, 11) is 0. The molecule has 0 amide bonds. The van der Waals surface area contributed by atoms with Crippen LogP contribution in [0.4, 0.5) is 0 Å². The van der Waals surface area contributed by atoms with Gasteiger partial charge in [-0.1, -0.05) is 60.7 Å². The number of benzene rings is 2. The van der Waals surface area contributed by atoms with Crippen molar-refractivity contribution in [2.24, 2.45) is 5.73 Å². The van der Waals surface area contributed by atoms with E-state index in [0.717, 1.165) is 11.1 Å². The van der Waals surface area contributed by atoms with Crippen molar-refractivity contribution in [3.05, 3.63) is 71.8 Å². The molecule has 2 unspecified atom stereocenters. The van der Waals surface area contributed by atoms with Gasteiger partial charge in [-0.15, -0.1) is 0 Å². The van der Waals surface area contributed by atoms with E-state index in [0.29, 0.717) is 12.8 Å². The summed E-state index contributed by atoms with van der Waals surface area (Å²) in [6.07, 6.45) is 0.802. The molecular formula is C16H19NO. The van der Waals surface area contributed by atoms with Crippen molar-refractivity contribution in [1.82, 2.24) is 0 Å². The molecule has 2 nitrogen and oxygen atoms in total. The monoisotopic (exact) mass is 241 g/mol. The lowest BCUT2D eigenvalue weighted by Crippen LogP contribution is -2.38. The molecule has 0 aliphatic rings. The highest BCUT2D eigenvalue weighted by Crippen LogP contribution is 2.09. The molecular weight excluding hydrogens is 222 g/mol. The van der Waals surface area contributed by atoms with Crippen molar-refractivity contribution in [3.63, 3.8) is 0 Å². The Kier molecular flexibility index (Phi) is 4.51. The lowest BCUT2D eigenvalue weighted by molar-refractivity contribution is 0.144. The fraction of sp³-hybridized carbons (Fsp3) is 0.250. The Morgan fingerprint density at radius 3 is 1.72 bits per heavy atom. The van der Waals surface area contributed by atoms with Crippen LogP contribution >= 0.6 is 0 Å². The Morgan fingerprint density at radius 2 is 1.22 bits per heavy atom. The van der Waals surface area contributed by atoms with Gasteiger partial charge in [0.15, 0.2) is 0 Å². The highest BCUT2D eigenvalue weighted by atomic mass is 16.3. The highest BCUT2D eigenvalue weighted by Gasteiger charge is 2.15. The molecule has 2 atom stereocenters. The van der Waals surface area contributed by atoms with Gasteiger partial charge in [0.2, 0.25) is 0 Å². The second-order valence-electron chi connectivity index (χ2n) is 4.61. The molecule has 0 saturated heterocycles. The van der Waals surface area contributed by atoms with E-state index in [4.69, 9.17) is 5.73 Å². The molecule has 0 radical (unpaired) electrons. The average Bonchev–Trinajstić information content (AvgIpc) is 2.41. The van der Waals surface area contributed by atoms with E-state index in [9.17, 15) is 5.11 Å². The van der Waals surface area contributed by atoms with Gasteiger partial charge in [0.25, 0.3) is 0 Å². The maximum atomic E-state index is 10.1. The van der Waals surface area contributed by atoms with Crippen LogP contribution in [0.15, 0.2) is 60.7 Å². The molecule has 94 valence electrons. The van der Waals surface area contributed by atoms with Crippen LogP contribution < -0.4 is 5.73 Å². The number of rotatable bonds is 5. The van der Waals surface area contributed by atoms with Gasteiger partial charge in [0, 0.05) is 6.04 Å². The van der Waals surface area contributed by atoms with Crippen LogP contribution in [0.1, 0.15) is 11.1 Å². The summed E-state index contributed by atoms with van der Waals surface area (Å²) in [5.41, 5.74) is 8.33. The minimum absolute atomic E-state index is 0.229. The van der Waals surface area contributed by atoms with Gasteiger partial charge < -0.3 is 10.8 Å². The Labute approximate surface area is 108 Å². The normalized spacial score (nSPS) is 14.1. The minimum atomic E-state index is -0.507. The van der Waals surface area contributed by atoms with Gasteiger partial charge in [0.1, 0.15) is 0 Å². The summed E-state index contributed by atoms with van der Waals surface area (Å²) in [6.45, 7) is 0. The van der Waals surface area contributed by atoms with E-state index in [1.807, 2.05) is 60.7 Å². The summed E-state index contributed by atoms with van der Waals surface area (Å²) in [5.74, 6) is 0. The molecule has 18 heavy (non-hydrogen) atoms. The third-order valence-electron chi connectivity index (χ3n) is 3.10. The van der Waals surface area contributed by atoms with E-state index in [1.54, 1.807) is 0 Å². The molecule has 2 rings (SSSR count). The van der Waals surface area contributed by atoms with E-state index in [1.165, 1.54) is 0 Å². The molecule has 2 heteroatoms. The highest BCUT2D eigenvalue weighted by molar-refractivity contribution is 5.18. The smallest absolute Gasteiger partial charge is 0.0734 e. The maximum Gasteiger partial charge on any atom is 0.0734 e. The van der Waals surface area contributed by atoms with Gasteiger partial charge in [-0.05, 0) is 24.0 Å². The standard InChI is InChI=1S/C16H19NO/c17-15(11-13-7-3-1-4-8-13)16(18)12-14-9-5-2-6-10-14/h1-10,15-16,18H,11-12,17H2. The second-order valence-corrected chi connectivity index (χ2v) is 4.61. The molecule has 0 spiro atoms. The fourth-order valence-electron chi connectivity index (χ4n) is 2.03. The number of hydrogen-bond donors (Lipinski definition) is 2. The van der Waals surface area contributed by atoms with Crippen LogP contribution in [0, 0.1) is 0 Å². The molecule has 0 heterocycles. The number of aliphatic hydroxyl groups excluding tert-OH is 1.